The van der Waals surface area contributed by atoms with Gasteiger partial charge in [-0.25, -0.2) is 0 Å². The van der Waals surface area contributed by atoms with Crippen LogP contribution in [0.5, 0.6) is 0 Å². The molecule has 0 aromatic carbocycles. The molecule has 2 fully saturated rings. The zero-order chi connectivity index (χ0) is 13.7. The molecule has 0 unspecified atom stereocenters. The van der Waals surface area contributed by atoms with Crippen molar-refractivity contribution in [1.82, 2.24) is 10.2 Å². The van der Waals surface area contributed by atoms with E-state index in [1.54, 1.807) is 4.90 Å². The summed E-state index contributed by atoms with van der Waals surface area (Å²) in [6.07, 6.45) is 8.12. The first-order valence-electron chi connectivity index (χ1n) is 7.80. The van der Waals surface area contributed by atoms with E-state index >= 15 is 0 Å². The van der Waals surface area contributed by atoms with Gasteiger partial charge in [0.2, 0.25) is 11.8 Å². The van der Waals surface area contributed by atoms with Crippen molar-refractivity contribution in [2.75, 3.05) is 6.54 Å². The maximum absolute atomic E-state index is 12.1. The van der Waals surface area contributed by atoms with Gasteiger partial charge in [0.05, 0.1) is 0 Å². The molecule has 2 aliphatic rings. The minimum Gasteiger partial charge on any atom is -0.314 e. The molecule has 1 saturated carbocycles. The van der Waals surface area contributed by atoms with E-state index < -0.39 is 0 Å². The molecule has 1 N–H and O–H groups in total. The second kappa shape index (κ2) is 7.04. The summed E-state index contributed by atoms with van der Waals surface area (Å²) < 4.78 is 0. The van der Waals surface area contributed by atoms with Crippen LogP contribution in [0.4, 0.5) is 0 Å². The van der Waals surface area contributed by atoms with Gasteiger partial charge in [0.15, 0.2) is 0 Å². The maximum atomic E-state index is 12.1. The maximum Gasteiger partial charge on any atom is 0.229 e. The van der Waals surface area contributed by atoms with Crippen molar-refractivity contribution >= 4 is 11.8 Å². The molecule has 0 radical (unpaired) electrons. The molecular weight excluding hydrogens is 240 g/mol. The SMILES string of the molecule is CCCNC1CCC(N2C(=O)CCCCC2=O)CC1. The highest BCUT2D eigenvalue weighted by Gasteiger charge is 2.33. The summed E-state index contributed by atoms with van der Waals surface area (Å²) in [5, 5.41) is 3.54. The van der Waals surface area contributed by atoms with Gasteiger partial charge < -0.3 is 5.32 Å². The predicted molar refractivity (Wildman–Crippen MR) is 74.7 cm³/mol. The van der Waals surface area contributed by atoms with Gasteiger partial charge in [0.1, 0.15) is 0 Å². The van der Waals surface area contributed by atoms with Gasteiger partial charge in [-0.3, -0.25) is 14.5 Å². The summed E-state index contributed by atoms with van der Waals surface area (Å²) in [6, 6.07) is 0.742. The molecule has 0 aromatic rings. The largest absolute Gasteiger partial charge is 0.314 e. The van der Waals surface area contributed by atoms with Gasteiger partial charge >= 0.3 is 0 Å². The van der Waals surface area contributed by atoms with Crippen LogP contribution in [0.1, 0.15) is 64.7 Å². The van der Waals surface area contributed by atoms with Crippen LogP contribution < -0.4 is 5.32 Å². The fourth-order valence-corrected chi connectivity index (χ4v) is 3.23. The Morgan fingerprint density at radius 2 is 1.63 bits per heavy atom. The van der Waals surface area contributed by atoms with Crippen LogP contribution >= 0.6 is 0 Å². The molecule has 19 heavy (non-hydrogen) atoms. The Balaban J connectivity index is 1.88. The number of carbonyl (C=O) groups is 2. The quantitative estimate of drug-likeness (QED) is 0.794. The highest BCUT2D eigenvalue weighted by atomic mass is 16.2. The fourth-order valence-electron chi connectivity index (χ4n) is 3.23. The summed E-state index contributed by atoms with van der Waals surface area (Å²) in [4.78, 5) is 25.7. The first kappa shape index (κ1) is 14.5. The van der Waals surface area contributed by atoms with E-state index in [0.29, 0.717) is 18.9 Å². The summed E-state index contributed by atoms with van der Waals surface area (Å²) in [6.45, 7) is 3.24. The van der Waals surface area contributed by atoms with Crippen molar-refractivity contribution < 1.29 is 9.59 Å². The van der Waals surface area contributed by atoms with E-state index in [0.717, 1.165) is 51.5 Å². The second-order valence-electron chi connectivity index (χ2n) is 5.82. The Bertz CT molecular complexity index is 304. The first-order chi connectivity index (χ1) is 9.22. The normalized spacial score (nSPS) is 29.4. The van der Waals surface area contributed by atoms with E-state index in [9.17, 15) is 9.59 Å². The van der Waals surface area contributed by atoms with E-state index in [4.69, 9.17) is 0 Å². The number of hydrogen-bond acceptors (Lipinski definition) is 3. The second-order valence-corrected chi connectivity index (χ2v) is 5.82. The lowest BCUT2D eigenvalue weighted by Crippen LogP contribution is -2.47. The van der Waals surface area contributed by atoms with Crippen molar-refractivity contribution in [2.45, 2.75) is 76.8 Å². The highest BCUT2D eigenvalue weighted by Crippen LogP contribution is 2.26. The van der Waals surface area contributed by atoms with Crippen LogP contribution in [-0.2, 0) is 9.59 Å². The lowest BCUT2D eigenvalue weighted by Gasteiger charge is -2.35. The zero-order valence-corrected chi connectivity index (χ0v) is 12.0. The molecule has 0 atom stereocenters. The van der Waals surface area contributed by atoms with Crippen molar-refractivity contribution in [3.05, 3.63) is 0 Å². The van der Waals surface area contributed by atoms with E-state index in [2.05, 4.69) is 12.2 Å². The smallest absolute Gasteiger partial charge is 0.229 e. The third-order valence-electron chi connectivity index (χ3n) is 4.31. The van der Waals surface area contributed by atoms with Crippen LogP contribution in [0, 0.1) is 0 Å². The molecule has 0 aromatic heterocycles. The fraction of sp³-hybridized carbons (Fsp3) is 0.867. The third kappa shape index (κ3) is 3.78. The number of rotatable bonds is 4. The number of hydrogen-bond donors (Lipinski definition) is 1. The van der Waals surface area contributed by atoms with Crippen molar-refractivity contribution in [1.29, 1.82) is 0 Å². The van der Waals surface area contributed by atoms with Crippen molar-refractivity contribution in [3.8, 4) is 0 Å². The topological polar surface area (TPSA) is 49.4 Å². The van der Waals surface area contributed by atoms with E-state index in [1.807, 2.05) is 0 Å². The molecule has 0 bridgehead atoms. The van der Waals surface area contributed by atoms with Gasteiger partial charge in [0.25, 0.3) is 0 Å². The van der Waals surface area contributed by atoms with Crippen molar-refractivity contribution in [2.24, 2.45) is 0 Å². The molecule has 1 heterocycles. The van der Waals surface area contributed by atoms with Crippen LogP contribution in [0.3, 0.4) is 0 Å². The number of likely N-dealkylation sites (tertiary alicyclic amines) is 1. The van der Waals surface area contributed by atoms with E-state index in [1.165, 1.54) is 0 Å². The molecule has 1 aliphatic heterocycles. The van der Waals surface area contributed by atoms with Crippen LogP contribution in [0.15, 0.2) is 0 Å². The van der Waals surface area contributed by atoms with Gasteiger partial charge in [-0.15, -0.1) is 0 Å². The Morgan fingerprint density at radius 1 is 1.05 bits per heavy atom. The van der Waals surface area contributed by atoms with Gasteiger partial charge in [-0.05, 0) is 51.5 Å². The molecule has 4 nitrogen and oxygen atoms in total. The molecule has 0 spiro atoms. The molecule has 4 heteroatoms. The van der Waals surface area contributed by atoms with Gasteiger partial charge in [-0.2, -0.15) is 0 Å². The number of nitrogens with one attached hydrogen (secondary N) is 1. The predicted octanol–water partition coefficient (Wildman–Crippen LogP) is 2.23. The lowest BCUT2D eigenvalue weighted by atomic mass is 9.89. The van der Waals surface area contributed by atoms with E-state index in [-0.39, 0.29) is 17.9 Å². The Kier molecular flexibility index (Phi) is 5.37. The summed E-state index contributed by atoms with van der Waals surface area (Å²) in [7, 11) is 0. The van der Waals surface area contributed by atoms with Gasteiger partial charge in [-0.1, -0.05) is 6.92 Å². The average Bonchev–Trinajstić information content (AvgIpc) is 2.58. The highest BCUT2D eigenvalue weighted by molar-refractivity contribution is 5.96. The van der Waals surface area contributed by atoms with Crippen molar-refractivity contribution in [3.63, 3.8) is 0 Å². The molecular formula is C15H26N2O2. The zero-order valence-electron chi connectivity index (χ0n) is 12.0. The minimum atomic E-state index is 0.0625. The number of carbonyl (C=O) groups excluding carboxylic acids is 2. The molecule has 2 rings (SSSR count). The molecule has 108 valence electrons. The van der Waals surface area contributed by atoms with Crippen LogP contribution in [0.2, 0.25) is 0 Å². The van der Waals surface area contributed by atoms with Gasteiger partial charge in [0, 0.05) is 24.9 Å². The Morgan fingerprint density at radius 3 is 2.16 bits per heavy atom. The summed E-state index contributed by atoms with van der Waals surface area (Å²) >= 11 is 0. The number of nitrogens with zero attached hydrogens (tertiary/aromatic N) is 1. The third-order valence-corrected chi connectivity index (χ3v) is 4.31. The summed E-state index contributed by atoms with van der Waals surface area (Å²) in [5.74, 6) is 0.125. The minimum absolute atomic E-state index is 0.0625. The van der Waals surface area contributed by atoms with Crippen LogP contribution in [0.25, 0.3) is 0 Å². The first-order valence-corrected chi connectivity index (χ1v) is 7.80. The summed E-state index contributed by atoms with van der Waals surface area (Å²) in [5.41, 5.74) is 0. The molecule has 2 amide bonds. The monoisotopic (exact) mass is 266 g/mol. The number of imide groups is 1. The molecule has 1 aliphatic carbocycles. The standard InChI is InChI=1S/C15H26N2O2/c1-2-11-16-12-7-9-13(10-8-12)17-14(18)5-3-4-6-15(17)19/h12-13,16H,2-11H2,1H3. The number of amides is 2. The lowest BCUT2D eigenvalue weighted by molar-refractivity contribution is -0.147. The molecule has 1 saturated heterocycles. The Hall–Kier alpha value is -0.900. The average molecular weight is 266 g/mol. The van der Waals surface area contributed by atoms with Crippen LogP contribution in [-0.4, -0.2) is 35.3 Å². The Labute approximate surface area is 115 Å².